The molecule has 1 heterocycles. The van der Waals surface area contributed by atoms with Crippen molar-refractivity contribution >= 4 is 44.2 Å². The summed E-state index contributed by atoms with van der Waals surface area (Å²) in [5, 5.41) is 3.13. The highest BCUT2D eigenvalue weighted by Gasteiger charge is 2.24. The number of benzene rings is 6. The number of Topliss-reactive ketones (excluding diaryl/α,β-unsaturated/α-hetero) is 1. The van der Waals surface area contributed by atoms with Gasteiger partial charge in [0.15, 0.2) is 0 Å². The summed E-state index contributed by atoms with van der Waals surface area (Å²) in [7, 11) is -4.14. The van der Waals surface area contributed by atoms with Crippen molar-refractivity contribution in [1.29, 1.82) is 0 Å². The zero-order chi connectivity index (χ0) is 38.4. The SMILES string of the molecule is Cc1ccc(S(=O)(=O)NC(=O)c2cccc(NC(=O)C(=O)c3cn(Cc4ccc(Cc5ccccc5)cc4)c4ccc(OCc5ccccc5)cc34)c2)cc1. The van der Waals surface area contributed by atoms with E-state index in [9.17, 15) is 22.8 Å². The molecule has 0 atom stereocenters. The number of rotatable bonds is 13. The molecule has 9 nitrogen and oxygen atoms in total. The molecule has 0 radical (unpaired) electrons. The Bertz CT molecular complexity index is 2600. The highest BCUT2D eigenvalue weighted by Crippen LogP contribution is 2.29. The van der Waals surface area contributed by atoms with Gasteiger partial charge >= 0.3 is 0 Å². The van der Waals surface area contributed by atoms with Crippen molar-refractivity contribution in [2.45, 2.75) is 31.4 Å². The van der Waals surface area contributed by atoms with Gasteiger partial charge in [-0.2, -0.15) is 0 Å². The average Bonchev–Trinajstić information content (AvgIpc) is 3.55. The number of amides is 2. The molecule has 274 valence electrons. The largest absolute Gasteiger partial charge is 0.489 e. The van der Waals surface area contributed by atoms with Gasteiger partial charge in [0.1, 0.15) is 12.4 Å². The van der Waals surface area contributed by atoms with Gasteiger partial charge in [-0.15, -0.1) is 0 Å². The Morgan fingerprint density at radius 1 is 0.673 bits per heavy atom. The van der Waals surface area contributed by atoms with E-state index >= 15 is 0 Å². The van der Waals surface area contributed by atoms with Crippen LogP contribution in [-0.4, -0.2) is 30.6 Å². The summed E-state index contributed by atoms with van der Waals surface area (Å²) >= 11 is 0. The third kappa shape index (κ3) is 8.89. The number of fused-ring (bicyclic) bond motifs is 1. The Morgan fingerprint density at radius 3 is 2.04 bits per heavy atom. The Kier molecular flexibility index (Phi) is 10.7. The predicted octanol–water partition coefficient (Wildman–Crippen LogP) is 8.11. The lowest BCUT2D eigenvalue weighted by Gasteiger charge is -2.09. The molecule has 7 rings (SSSR count). The number of ketones is 1. The summed E-state index contributed by atoms with van der Waals surface area (Å²) in [6.45, 7) is 2.59. The molecule has 0 bridgehead atoms. The zero-order valence-corrected chi connectivity index (χ0v) is 30.8. The van der Waals surface area contributed by atoms with Crippen molar-refractivity contribution < 1.29 is 27.5 Å². The number of ether oxygens (including phenoxy) is 1. The molecule has 0 saturated carbocycles. The normalized spacial score (nSPS) is 11.2. The molecule has 2 N–H and O–H groups in total. The maximum Gasteiger partial charge on any atom is 0.296 e. The minimum Gasteiger partial charge on any atom is -0.489 e. The fraction of sp³-hybridized carbons (Fsp3) is 0.0889. The summed E-state index contributed by atoms with van der Waals surface area (Å²) in [5.74, 6) is -2.07. The van der Waals surface area contributed by atoms with E-state index in [1.807, 2.05) is 72.2 Å². The van der Waals surface area contributed by atoms with Crippen LogP contribution in [0.25, 0.3) is 10.9 Å². The van der Waals surface area contributed by atoms with Gasteiger partial charge in [-0.25, -0.2) is 13.1 Å². The Labute approximate surface area is 319 Å². The molecule has 10 heteroatoms. The number of sulfonamides is 1. The van der Waals surface area contributed by atoms with Crippen molar-refractivity contribution in [3.63, 3.8) is 0 Å². The van der Waals surface area contributed by atoms with Crippen LogP contribution in [-0.2, 0) is 34.4 Å². The Balaban J connectivity index is 1.12. The molecule has 7 aromatic rings. The minimum atomic E-state index is -4.14. The van der Waals surface area contributed by atoms with Gasteiger partial charge in [-0.3, -0.25) is 14.4 Å². The molecule has 0 fully saturated rings. The van der Waals surface area contributed by atoms with Crippen LogP contribution in [0.2, 0.25) is 0 Å². The molecule has 0 saturated heterocycles. The van der Waals surface area contributed by atoms with Crippen LogP contribution in [0.4, 0.5) is 5.69 Å². The molecule has 1 aromatic heterocycles. The molecule has 0 spiro atoms. The van der Waals surface area contributed by atoms with Crippen LogP contribution in [0, 0.1) is 6.92 Å². The minimum absolute atomic E-state index is 0.0208. The standard InChI is InChI=1S/C45H37N3O6S/c1-31-15-22-39(23-16-31)55(52,53)47-44(50)36-13-8-14-37(26-36)46-45(51)43(49)41-29-48(28-34-19-17-33(18-20-34)25-32-9-4-2-5-10-32)42-24-21-38(27-40(41)42)54-30-35-11-6-3-7-12-35/h2-24,26-27,29H,25,28,30H2,1H3,(H,46,51)(H,47,50). The number of aryl methyl sites for hydroxylation is 1. The first kappa shape index (κ1) is 36.6. The number of hydrogen-bond acceptors (Lipinski definition) is 6. The lowest BCUT2D eigenvalue weighted by atomic mass is 10.0. The van der Waals surface area contributed by atoms with Gasteiger partial charge in [0, 0.05) is 34.9 Å². The van der Waals surface area contributed by atoms with Crippen molar-refractivity contribution in [3.05, 3.63) is 197 Å². The van der Waals surface area contributed by atoms with E-state index in [-0.39, 0.29) is 21.7 Å². The molecule has 6 aromatic carbocycles. The fourth-order valence-corrected chi connectivity index (χ4v) is 7.19. The van der Waals surface area contributed by atoms with Gasteiger partial charge in [0.25, 0.3) is 27.6 Å². The number of carbonyl (C=O) groups excluding carboxylic acids is 3. The van der Waals surface area contributed by atoms with Crippen molar-refractivity contribution in [1.82, 2.24) is 9.29 Å². The van der Waals surface area contributed by atoms with E-state index in [0.717, 1.165) is 28.6 Å². The second-order valence-corrected chi connectivity index (χ2v) is 14.9. The first-order valence-electron chi connectivity index (χ1n) is 17.6. The van der Waals surface area contributed by atoms with Gasteiger partial charge in [-0.1, -0.05) is 109 Å². The summed E-state index contributed by atoms with van der Waals surface area (Å²) in [6.07, 6.45) is 2.48. The smallest absolute Gasteiger partial charge is 0.296 e. The number of hydrogen-bond donors (Lipinski definition) is 2. The van der Waals surface area contributed by atoms with Crippen molar-refractivity contribution in [3.8, 4) is 5.75 Å². The van der Waals surface area contributed by atoms with Crippen LogP contribution >= 0.6 is 0 Å². The summed E-state index contributed by atoms with van der Waals surface area (Å²) in [6, 6.07) is 45.5. The molecular weight excluding hydrogens is 711 g/mol. The van der Waals surface area contributed by atoms with E-state index in [1.165, 1.54) is 47.5 Å². The van der Waals surface area contributed by atoms with Crippen LogP contribution < -0.4 is 14.8 Å². The number of nitrogens with one attached hydrogen (secondary N) is 2. The zero-order valence-electron chi connectivity index (χ0n) is 29.9. The van der Waals surface area contributed by atoms with E-state index < -0.39 is 27.6 Å². The van der Waals surface area contributed by atoms with Crippen LogP contribution in [0.1, 0.15) is 48.5 Å². The number of aromatic nitrogens is 1. The molecule has 0 aliphatic carbocycles. The van der Waals surface area contributed by atoms with Crippen molar-refractivity contribution in [2.75, 3.05) is 5.32 Å². The maximum absolute atomic E-state index is 13.9. The third-order valence-electron chi connectivity index (χ3n) is 9.12. The Hall–Kier alpha value is -6.78. The summed E-state index contributed by atoms with van der Waals surface area (Å²) < 4.78 is 35.7. The maximum atomic E-state index is 13.9. The van der Waals surface area contributed by atoms with E-state index in [2.05, 4.69) is 46.4 Å². The molecule has 55 heavy (non-hydrogen) atoms. The number of carbonyl (C=O) groups is 3. The van der Waals surface area contributed by atoms with Gasteiger partial charge < -0.3 is 14.6 Å². The van der Waals surface area contributed by atoms with E-state index in [1.54, 1.807) is 24.4 Å². The molecular formula is C45H37N3O6S. The van der Waals surface area contributed by atoms with Crippen LogP contribution in [0.5, 0.6) is 5.75 Å². The summed E-state index contributed by atoms with van der Waals surface area (Å²) in [5.41, 5.74) is 6.30. The first-order valence-corrected chi connectivity index (χ1v) is 19.1. The molecule has 2 amide bonds. The second-order valence-electron chi connectivity index (χ2n) is 13.2. The monoisotopic (exact) mass is 747 g/mol. The summed E-state index contributed by atoms with van der Waals surface area (Å²) in [4.78, 5) is 40.4. The number of anilines is 1. The van der Waals surface area contributed by atoms with E-state index in [0.29, 0.717) is 24.3 Å². The predicted molar refractivity (Wildman–Crippen MR) is 213 cm³/mol. The van der Waals surface area contributed by atoms with Crippen LogP contribution in [0.15, 0.2) is 163 Å². The third-order valence-corrected chi connectivity index (χ3v) is 10.5. The lowest BCUT2D eigenvalue weighted by Crippen LogP contribution is -2.30. The first-order chi connectivity index (χ1) is 26.6. The van der Waals surface area contributed by atoms with Gasteiger partial charge in [0.05, 0.1) is 10.5 Å². The van der Waals surface area contributed by atoms with Crippen LogP contribution in [0.3, 0.4) is 0 Å². The Morgan fingerprint density at radius 2 is 1.33 bits per heavy atom. The molecule has 0 aliphatic heterocycles. The second kappa shape index (κ2) is 16.1. The van der Waals surface area contributed by atoms with E-state index in [4.69, 9.17) is 4.74 Å². The molecule has 0 aliphatic rings. The fourth-order valence-electron chi connectivity index (χ4n) is 6.22. The number of nitrogens with zero attached hydrogens (tertiary/aromatic N) is 1. The highest BCUT2D eigenvalue weighted by molar-refractivity contribution is 7.90. The molecule has 0 unspecified atom stereocenters. The van der Waals surface area contributed by atoms with Gasteiger partial charge in [0.2, 0.25) is 0 Å². The topological polar surface area (TPSA) is 124 Å². The average molecular weight is 748 g/mol. The highest BCUT2D eigenvalue weighted by atomic mass is 32.2. The quantitative estimate of drug-likeness (QED) is 0.0908. The van der Waals surface area contributed by atoms with Gasteiger partial charge in [-0.05, 0) is 84.1 Å². The lowest BCUT2D eigenvalue weighted by molar-refractivity contribution is -0.112. The van der Waals surface area contributed by atoms with Crippen molar-refractivity contribution in [2.24, 2.45) is 0 Å².